The van der Waals surface area contributed by atoms with Gasteiger partial charge in [-0.3, -0.25) is 0 Å². The van der Waals surface area contributed by atoms with Gasteiger partial charge in [0, 0.05) is 13.1 Å². The van der Waals surface area contributed by atoms with Crippen LogP contribution in [-0.4, -0.2) is 19.3 Å². The lowest BCUT2D eigenvalue weighted by Crippen LogP contribution is -2.21. The van der Waals surface area contributed by atoms with Crippen molar-refractivity contribution in [1.29, 1.82) is 0 Å². The maximum absolute atomic E-state index is 13.0. The average molecular weight is 316 g/mol. The fourth-order valence-electron chi connectivity index (χ4n) is 2.24. The van der Waals surface area contributed by atoms with Crippen molar-refractivity contribution in [3.63, 3.8) is 0 Å². The zero-order valence-electron chi connectivity index (χ0n) is 10.4. The predicted octanol–water partition coefficient (Wildman–Crippen LogP) is 3.64. The van der Waals surface area contributed by atoms with Crippen LogP contribution in [0, 0.1) is 5.82 Å². The molecule has 0 saturated heterocycles. The molecule has 0 aliphatic heterocycles. The van der Waals surface area contributed by atoms with Crippen LogP contribution in [0.3, 0.4) is 0 Å². The summed E-state index contributed by atoms with van der Waals surface area (Å²) < 4.78 is 19.3. The highest BCUT2D eigenvalue weighted by atomic mass is 79.9. The van der Waals surface area contributed by atoms with Crippen LogP contribution in [0.25, 0.3) is 0 Å². The van der Waals surface area contributed by atoms with Crippen LogP contribution in [0.4, 0.5) is 4.39 Å². The van der Waals surface area contributed by atoms with Crippen molar-refractivity contribution in [2.75, 3.05) is 13.2 Å². The second-order valence-electron chi connectivity index (χ2n) is 4.70. The van der Waals surface area contributed by atoms with Crippen LogP contribution in [0.5, 0.6) is 0 Å². The Bertz CT molecular complexity index is 380. The number of rotatable bonds is 6. The molecule has 1 aromatic carbocycles. The first kappa shape index (κ1) is 14.0. The van der Waals surface area contributed by atoms with E-state index in [1.807, 2.05) is 0 Å². The van der Waals surface area contributed by atoms with Crippen molar-refractivity contribution in [1.82, 2.24) is 5.32 Å². The molecule has 1 N–H and O–H groups in total. The van der Waals surface area contributed by atoms with Gasteiger partial charge < -0.3 is 10.1 Å². The van der Waals surface area contributed by atoms with Gasteiger partial charge in [-0.15, -0.1) is 0 Å². The maximum Gasteiger partial charge on any atom is 0.137 e. The Hall–Kier alpha value is -0.450. The summed E-state index contributed by atoms with van der Waals surface area (Å²) in [5.74, 6) is -0.219. The molecular weight excluding hydrogens is 297 g/mol. The lowest BCUT2D eigenvalue weighted by atomic mass is 10.2. The summed E-state index contributed by atoms with van der Waals surface area (Å²) in [5.41, 5.74) is 1.07. The van der Waals surface area contributed by atoms with Crippen molar-refractivity contribution in [2.45, 2.75) is 38.3 Å². The molecule has 0 spiro atoms. The molecule has 18 heavy (non-hydrogen) atoms. The Kier molecular flexibility index (Phi) is 5.60. The number of hydrogen-bond acceptors (Lipinski definition) is 2. The van der Waals surface area contributed by atoms with Gasteiger partial charge in [-0.1, -0.05) is 18.9 Å². The molecule has 1 aliphatic rings. The topological polar surface area (TPSA) is 21.3 Å². The molecule has 0 atom stereocenters. The first-order valence-corrected chi connectivity index (χ1v) is 7.31. The van der Waals surface area contributed by atoms with Crippen LogP contribution in [0.2, 0.25) is 0 Å². The van der Waals surface area contributed by atoms with Gasteiger partial charge in [-0.25, -0.2) is 4.39 Å². The quantitative estimate of drug-likeness (QED) is 0.809. The van der Waals surface area contributed by atoms with E-state index in [1.165, 1.54) is 31.7 Å². The van der Waals surface area contributed by atoms with Gasteiger partial charge in [0.05, 0.1) is 17.2 Å². The van der Waals surface area contributed by atoms with E-state index in [4.69, 9.17) is 4.74 Å². The van der Waals surface area contributed by atoms with Crippen molar-refractivity contribution < 1.29 is 9.13 Å². The largest absolute Gasteiger partial charge is 0.377 e. The Morgan fingerprint density at radius 2 is 2.11 bits per heavy atom. The highest BCUT2D eigenvalue weighted by Gasteiger charge is 2.14. The molecule has 1 fully saturated rings. The lowest BCUT2D eigenvalue weighted by Gasteiger charge is -2.11. The standard InChI is InChI=1S/C14H19BrFNO/c15-13-9-11(5-6-14(13)16)10-17-7-8-18-12-3-1-2-4-12/h5-6,9,12,17H,1-4,7-8,10H2. The molecule has 0 bridgehead atoms. The van der Waals surface area contributed by atoms with Crippen LogP contribution in [-0.2, 0) is 11.3 Å². The highest BCUT2D eigenvalue weighted by molar-refractivity contribution is 9.10. The first-order valence-electron chi connectivity index (χ1n) is 6.52. The summed E-state index contributed by atoms with van der Waals surface area (Å²) in [7, 11) is 0. The number of halogens is 2. The molecule has 1 aromatic rings. The van der Waals surface area contributed by atoms with Gasteiger partial charge in [0.2, 0.25) is 0 Å². The van der Waals surface area contributed by atoms with Crippen molar-refractivity contribution in [3.05, 3.63) is 34.1 Å². The molecule has 1 aliphatic carbocycles. The fraction of sp³-hybridized carbons (Fsp3) is 0.571. The summed E-state index contributed by atoms with van der Waals surface area (Å²) in [6, 6.07) is 5.08. The van der Waals surface area contributed by atoms with Gasteiger partial charge >= 0.3 is 0 Å². The monoisotopic (exact) mass is 315 g/mol. The molecular formula is C14H19BrFNO. The van der Waals surface area contributed by atoms with E-state index in [2.05, 4.69) is 21.2 Å². The Morgan fingerprint density at radius 3 is 2.83 bits per heavy atom. The maximum atomic E-state index is 13.0. The number of benzene rings is 1. The van der Waals surface area contributed by atoms with E-state index < -0.39 is 0 Å². The lowest BCUT2D eigenvalue weighted by molar-refractivity contribution is 0.0602. The van der Waals surface area contributed by atoms with Crippen LogP contribution in [0.15, 0.2) is 22.7 Å². The van der Waals surface area contributed by atoms with Crippen LogP contribution < -0.4 is 5.32 Å². The molecule has 0 unspecified atom stereocenters. The molecule has 0 aromatic heterocycles. The van der Waals surface area contributed by atoms with Crippen molar-refractivity contribution >= 4 is 15.9 Å². The third-order valence-corrected chi connectivity index (χ3v) is 3.86. The van der Waals surface area contributed by atoms with Crippen LogP contribution in [0.1, 0.15) is 31.2 Å². The van der Waals surface area contributed by atoms with Gasteiger partial charge in [-0.2, -0.15) is 0 Å². The van der Waals surface area contributed by atoms with E-state index >= 15 is 0 Å². The van der Waals surface area contributed by atoms with E-state index in [0.29, 0.717) is 10.6 Å². The van der Waals surface area contributed by atoms with Crippen molar-refractivity contribution in [3.8, 4) is 0 Å². The second-order valence-corrected chi connectivity index (χ2v) is 5.56. The summed E-state index contributed by atoms with van der Waals surface area (Å²) in [6.45, 7) is 2.34. The highest BCUT2D eigenvalue weighted by Crippen LogP contribution is 2.20. The Balaban J connectivity index is 1.61. The third kappa shape index (κ3) is 4.34. The average Bonchev–Trinajstić information content (AvgIpc) is 2.86. The molecule has 2 rings (SSSR count). The molecule has 4 heteroatoms. The van der Waals surface area contributed by atoms with Crippen LogP contribution >= 0.6 is 15.9 Å². The summed E-state index contributed by atoms with van der Waals surface area (Å²) in [5, 5.41) is 3.30. The SMILES string of the molecule is Fc1ccc(CNCCOC2CCCC2)cc1Br. The van der Waals surface area contributed by atoms with E-state index in [9.17, 15) is 4.39 Å². The molecule has 1 saturated carbocycles. The molecule has 0 radical (unpaired) electrons. The van der Waals surface area contributed by atoms with Gasteiger partial charge in [0.25, 0.3) is 0 Å². The zero-order chi connectivity index (χ0) is 12.8. The Morgan fingerprint density at radius 1 is 1.33 bits per heavy atom. The van der Waals surface area contributed by atoms with Gasteiger partial charge in [0.1, 0.15) is 5.82 Å². The predicted molar refractivity (Wildman–Crippen MR) is 74.0 cm³/mol. The normalized spacial score (nSPS) is 16.3. The molecule has 0 amide bonds. The molecule has 100 valence electrons. The number of hydrogen-bond donors (Lipinski definition) is 1. The minimum absolute atomic E-state index is 0.219. The van der Waals surface area contributed by atoms with E-state index in [-0.39, 0.29) is 5.82 Å². The fourth-order valence-corrected chi connectivity index (χ4v) is 2.66. The van der Waals surface area contributed by atoms with Gasteiger partial charge in [-0.05, 0) is 46.5 Å². The minimum Gasteiger partial charge on any atom is -0.377 e. The second kappa shape index (κ2) is 7.22. The number of nitrogens with one attached hydrogen (secondary N) is 1. The third-order valence-electron chi connectivity index (χ3n) is 3.25. The van der Waals surface area contributed by atoms with Gasteiger partial charge in [0.15, 0.2) is 0 Å². The summed E-state index contributed by atoms with van der Waals surface area (Å²) >= 11 is 3.19. The Labute approximate surface area is 116 Å². The van der Waals surface area contributed by atoms with E-state index in [1.54, 1.807) is 12.1 Å². The first-order chi connectivity index (χ1) is 8.75. The minimum atomic E-state index is -0.219. The summed E-state index contributed by atoms with van der Waals surface area (Å²) in [4.78, 5) is 0. The number of ether oxygens (including phenoxy) is 1. The summed E-state index contributed by atoms with van der Waals surface area (Å²) in [6.07, 6.45) is 5.52. The van der Waals surface area contributed by atoms with E-state index in [0.717, 1.165) is 25.3 Å². The molecule has 2 nitrogen and oxygen atoms in total. The molecule has 0 heterocycles. The van der Waals surface area contributed by atoms with Crippen molar-refractivity contribution in [2.24, 2.45) is 0 Å². The smallest absolute Gasteiger partial charge is 0.137 e. The zero-order valence-corrected chi connectivity index (χ0v) is 12.0.